The van der Waals surface area contributed by atoms with Gasteiger partial charge in [0.15, 0.2) is 0 Å². The van der Waals surface area contributed by atoms with Crippen molar-refractivity contribution in [1.29, 1.82) is 0 Å². The highest BCUT2D eigenvalue weighted by Crippen LogP contribution is 2.20. The van der Waals surface area contributed by atoms with Gasteiger partial charge in [-0.1, -0.05) is 0 Å². The average molecular weight is 299 g/mol. The molecule has 3 N–H and O–H groups in total. The number of anilines is 1. The van der Waals surface area contributed by atoms with E-state index in [-0.39, 0.29) is 12.1 Å². The van der Waals surface area contributed by atoms with Crippen molar-refractivity contribution in [1.82, 2.24) is 5.32 Å². The highest BCUT2D eigenvalue weighted by molar-refractivity contribution is 5.90. The van der Waals surface area contributed by atoms with Crippen molar-refractivity contribution in [3.8, 4) is 0 Å². The molecule has 0 fully saturated rings. The maximum Gasteiger partial charge on any atom is 0.319 e. The number of benzene rings is 1. The number of carbonyl (C=O) groups is 2. The summed E-state index contributed by atoms with van der Waals surface area (Å²) in [5.41, 5.74) is -1.64. The van der Waals surface area contributed by atoms with Crippen LogP contribution in [0, 0.1) is 15.9 Å². The SMILES string of the molecule is CC(C)(CC(=O)O)NC(=O)Nc1cc(F)cc([N+](=O)[O-])c1. The molecule has 8 nitrogen and oxygen atoms in total. The molecule has 1 aromatic rings. The number of nitro benzene ring substituents is 1. The Balaban J connectivity index is 2.79. The van der Waals surface area contributed by atoms with E-state index in [4.69, 9.17) is 5.11 Å². The van der Waals surface area contributed by atoms with E-state index in [1.807, 2.05) is 0 Å². The number of amides is 2. The molecule has 1 aromatic carbocycles. The monoisotopic (exact) mass is 299 g/mol. The predicted molar refractivity (Wildman–Crippen MR) is 71.5 cm³/mol. The molecule has 0 atom stereocenters. The summed E-state index contributed by atoms with van der Waals surface area (Å²) >= 11 is 0. The van der Waals surface area contributed by atoms with Gasteiger partial charge in [0.1, 0.15) is 5.82 Å². The second kappa shape index (κ2) is 6.16. The number of carboxylic acid groups (broad SMARTS) is 1. The Hall–Kier alpha value is -2.71. The van der Waals surface area contributed by atoms with Crippen LogP contribution in [-0.4, -0.2) is 27.6 Å². The number of nitrogens with zero attached hydrogens (tertiary/aromatic N) is 1. The number of nitrogens with one attached hydrogen (secondary N) is 2. The molecule has 0 aromatic heterocycles. The smallest absolute Gasteiger partial charge is 0.319 e. The number of carboxylic acids is 1. The zero-order valence-corrected chi connectivity index (χ0v) is 11.3. The first kappa shape index (κ1) is 16.3. The van der Waals surface area contributed by atoms with Gasteiger partial charge in [-0.25, -0.2) is 9.18 Å². The van der Waals surface area contributed by atoms with Crippen LogP contribution in [0.3, 0.4) is 0 Å². The topological polar surface area (TPSA) is 122 Å². The molecule has 0 unspecified atom stereocenters. The van der Waals surface area contributed by atoms with Gasteiger partial charge in [0.2, 0.25) is 0 Å². The zero-order valence-electron chi connectivity index (χ0n) is 11.3. The second-order valence-corrected chi connectivity index (χ2v) is 4.99. The van der Waals surface area contributed by atoms with Gasteiger partial charge in [0.25, 0.3) is 5.69 Å². The Morgan fingerprint density at radius 2 is 2.00 bits per heavy atom. The molecule has 0 aliphatic carbocycles. The van der Waals surface area contributed by atoms with E-state index >= 15 is 0 Å². The van der Waals surface area contributed by atoms with Gasteiger partial charge in [-0.2, -0.15) is 0 Å². The maximum atomic E-state index is 13.2. The number of halogens is 1. The highest BCUT2D eigenvalue weighted by Gasteiger charge is 2.24. The van der Waals surface area contributed by atoms with Crippen molar-refractivity contribution in [3.63, 3.8) is 0 Å². The lowest BCUT2D eigenvalue weighted by Gasteiger charge is -2.24. The molecule has 0 bridgehead atoms. The van der Waals surface area contributed by atoms with Crippen molar-refractivity contribution in [2.75, 3.05) is 5.32 Å². The summed E-state index contributed by atoms with van der Waals surface area (Å²) in [6, 6.07) is 1.84. The van der Waals surface area contributed by atoms with Gasteiger partial charge in [-0.15, -0.1) is 0 Å². The first-order chi connectivity index (χ1) is 9.59. The highest BCUT2D eigenvalue weighted by atomic mass is 19.1. The van der Waals surface area contributed by atoms with Gasteiger partial charge in [-0.3, -0.25) is 14.9 Å². The van der Waals surface area contributed by atoms with Crippen LogP contribution in [0.25, 0.3) is 0 Å². The third kappa shape index (κ3) is 5.43. The number of hydrogen-bond donors (Lipinski definition) is 3. The number of urea groups is 1. The minimum Gasteiger partial charge on any atom is -0.481 e. The fraction of sp³-hybridized carbons (Fsp3) is 0.333. The molecular weight excluding hydrogens is 285 g/mol. The molecule has 21 heavy (non-hydrogen) atoms. The molecule has 0 aliphatic rings. The Kier molecular flexibility index (Phi) is 4.79. The summed E-state index contributed by atoms with van der Waals surface area (Å²) in [6.45, 7) is 2.99. The second-order valence-electron chi connectivity index (χ2n) is 4.99. The van der Waals surface area contributed by atoms with E-state index in [1.54, 1.807) is 0 Å². The van der Waals surface area contributed by atoms with E-state index in [0.717, 1.165) is 18.2 Å². The van der Waals surface area contributed by atoms with Crippen LogP contribution < -0.4 is 10.6 Å². The normalized spacial score (nSPS) is 10.8. The standard InChI is InChI=1S/C12H14FN3O5/c1-12(2,6-10(17)18)15-11(19)14-8-3-7(13)4-9(5-8)16(20)21/h3-5H,6H2,1-2H3,(H,17,18)(H2,14,15,19). The van der Waals surface area contributed by atoms with Gasteiger partial charge in [0.05, 0.1) is 23.1 Å². The third-order valence-corrected chi connectivity index (χ3v) is 2.40. The van der Waals surface area contributed by atoms with Gasteiger partial charge in [0, 0.05) is 11.6 Å². The quantitative estimate of drug-likeness (QED) is 0.567. The van der Waals surface area contributed by atoms with Crippen LogP contribution in [0.15, 0.2) is 18.2 Å². The lowest BCUT2D eigenvalue weighted by Crippen LogP contribution is -2.46. The molecule has 0 saturated carbocycles. The van der Waals surface area contributed by atoms with E-state index < -0.39 is 34.0 Å². The minimum absolute atomic E-state index is 0.106. The summed E-state index contributed by atoms with van der Waals surface area (Å²) in [7, 11) is 0. The van der Waals surface area contributed by atoms with E-state index in [9.17, 15) is 24.1 Å². The van der Waals surface area contributed by atoms with Gasteiger partial charge < -0.3 is 15.7 Å². The fourth-order valence-corrected chi connectivity index (χ4v) is 1.64. The van der Waals surface area contributed by atoms with E-state index in [1.165, 1.54) is 13.8 Å². The van der Waals surface area contributed by atoms with Crippen LogP contribution in [0.2, 0.25) is 0 Å². The summed E-state index contributed by atoms with van der Waals surface area (Å²) in [5.74, 6) is -1.97. The van der Waals surface area contributed by atoms with Gasteiger partial charge >= 0.3 is 12.0 Å². The number of non-ortho nitro benzene ring substituents is 1. The number of aliphatic carboxylic acids is 1. The first-order valence-corrected chi connectivity index (χ1v) is 5.85. The number of carbonyl (C=O) groups excluding carboxylic acids is 1. The Bertz CT molecular complexity index is 588. The number of rotatable bonds is 5. The molecule has 2 amide bonds. The molecular formula is C12H14FN3O5. The first-order valence-electron chi connectivity index (χ1n) is 5.85. The molecule has 9 heteroatoms. The van der Waals surface area contributed by atoms with Crippen LogP contribution in [0.1, 0.15) is 20.3 Å². The molecule has 0 radical (unpaired) electrons. The Morgan fingerprint density at radius 3 is 2.52 bits per heavy atom. The van der Waals surface area contributed by atoms with Gasteiger partial charge in [-0.05, 0) is 19.9 Å². The van der Waals surface area contributed by atoms with Crippen LogP contribution in [0.5, 0.6) is 0 Å². The molecule has 0 spiro atoms. The van der Waals surface area contributed by atoms with Crippen LogP contribution >= 0.6 is 0 Å². The van der Waals surface area contributed by atoms with Crippen LogP contribution in [-0.2, 0) is 4.79 Å². The molecule has 0 heterocycles. The fourth-order valence-electron chi connectivity index (χ4n) is 1.64. The van der Waals surface area contributed by atoms with E-state index in [2.05, 4.69) is 10.6 Å². The van der Waals surface area contributed by atoms with E-state index in [0.29, 0.717) is 0 Å². The molecule has 1 rings (SSSR count). The largest absolute Gasteiger partial charge is 0.481 e. The minimum atomic E-state index is -1.10. The third-order valence-electron chi connectivity index (χ3n) is 2.40. The molecule has 0 aliphatic heterocycles. The van der Waals surface area contributed by atoms with Crippen molar-refractivity contribution >= 4 is 23.4 Å². The number of hydrogen-bond acceptors (Lipinski definition) is 4. The van der Waals surface area contributed by atoms with Crippen molar-refractivity contribution < 1.29 is 24.0 Å². The molecule has 114 valence electrons. The summed E-state index contributed by atoms with van der Waals surface area (Å²) in [5, 5.41) is 23.9. The Labute approximate surface area is 119 Å². The summed E-state index contributed by atoms with van der Waals surface area (Å²) in [4.78, 5) is 32.1. The Morgan fingerprint density at radius 1 is 1.38 bits per heavy atom. The van der Waals surface area contributed by atoms with Crippen LogP contribution in [0.4, 0.5) is 20.6 Å². The number of nitro groups is 1. The zero-order chi connectivity index (χ0) is 16.2. The summed E-state index contributed by atoms with van der Waals surface area (Å²) < 4.78 is 13.2. The lowest BCUT2D eigenvalue weighted by atomic mass is 10.0. The lowest BCUT2D eigenvalue weighted by molar-refractivity contribution is -0.385. The predicted octanol–water partition coefficient (Wildman–Crippen LogP) is 2.11. The molecule has 0 saturated heterocycles. The summed E-state index contributed by atoms with van der Waals surface area (Å²) in [6.07, 6.45) is -0.316. The van der Waals surface area contributed by atoms with Crippen molar-refractivity contribution in [2.24, 2.45) is 0 Å². The van der Waals surface area contributed by atoms with Crippen molar-refractivity contribution in [2.45, 2.75) is 25.8 Å². The maximum absolute atomic E-state index is 13.2. The average Bonchev–Trinajstić information content (AvgIpc) is 2.24. The van der Waals surface area contributed by atoms with Crippen molar-refractivity contribution in [3.05, 3.63) is 34.1 Å².